The predicted molar refractivity (Wildman–Crippen MR) is 131 cm³/mol. The van der Waals surface area contributed by atoms with Gasteiger partial charge in [0.15, 0.2) is 0 Å². The molecule has 2 amide bonds. The zero-order chi connectivity index (χ0) is 24.6. The van der Waals surface area contributed by atoms with Crippen molar-refractivity contribution in [2.75, 3.05) is 13.2 Å². The number of hydrogen-bond donors (Lipinski definition) is 3. The minimum Gasteiger partial charge on any atom is -0.481 e. The van der Waals surface area contributed by atoms with Crippen molar-refractivity contribution in [1.29, 1.82) is 0 Å². The van der Waals surface area contributed by atoms with Gasteiger partial charge in [0.1, 0.15) is 6.61 Å². The normalized spacial score (nSPS) is 24.6. The Balaban J connectivity index is 1.11. The monoisotopic (exact) mass is 476 g/mol. The van der Waals surface area contributed by atoms with E-state index in [1.54, 1.807) is 0 Å². The number of carboxylic acids is 1. The number of alkyl carbamates (subject to hydrolysis) is 1. The summed E-state index contributed by atoms with van der Waals surface area (Å²) >= 11 is 0. The second kappa shape index (κ2) is 9.36. The first kappa shape index (κ1) is 23.4. The first-order valence-electron chi connectivity index (χ1n) is 12.5. The molecular weight excluding hydrogens is 444 g/mol. The lowest BCUT2D eigenvalue weighted by atomic mass is 9.98. The number of amides is 2. The maximum Gasteiger partial charge on any atom is 0.407 e. The second-order valence-electron chi connectivity index (χ2n) is 10.4. The van der Waals surface area contributed by atoms with Gasteiger partial charge in [0.2, 0.25) is 5.91 Å². The first-order chi connectivity index (χ1) is 16.9. The largest absolute Gasteiger partial charge is 0.481 e. The van der Waals surface area contributed by atoms with Gasteiger partial charge in [-0.2, -0.15) is 0 Å². The van der Waals surface area contributed by atoms with E-state index >= 15 is 0 Å². The van der Waals surface area contributed by atoms with Gasteiger partial charge in [0, 0.05) is 24.9 Å². The molecule has 35 heavy (non-hydrogen) atoms. The minimum absolute atomic E-state index is 0.0189. The molecule has 0 bridgehead atoms. The molecule has 0 saturated heterocycles. The zero-order valence-electron chi connectivity index (χ0n) is 20.0. The molecule has 0 aliphatic heterocycles. The predicted octanol–water partition coefficient (Wildman–Crippen LogP) is 4.31. The molecule has 3 aliphatic rings. The molecule has 0 radical (unpaired) electrons. The lowest BCUT2D eigenvalue weighted by Gasteiger charge is -2.20. The number of carbonyl (C=O) groups is 3. The highest BCUT2D eigenvalue weighted by Crippen LogP contribution is 2.63. The van der Waals surface area contributed by atoms with Gasteiger partial charge in [-0.1, -0.05) is 55.5 Å². The van der Waals surface area contributed by atoms with Crippen LogP contribution in [-0.4, -0.2) is 42.3 Å². The zero-order valence-corrected chi connectivity index (χ0v) is 20.0. The van der Waals surface area contributed by atoms with Crippen molar-refractivity contribution < 1.29 is 24.2 Å². The van der Waals surface area contributed by atoms with Crippen molar-refractivity contribution in [2.45, 2.75) is 51.0 Å². The van der Waals surface area contributed by atoms with Gasteiger partial charge >= 0.3 is 12.1 Å². The number of nitrogens with one attached hydrogen (secondary N) is 2. The number of hydrogen-bond acceptors (Lipinski definition) is 4. The molecule has 5 rings (SSSR count). The Morgan fingerprint density at radius 1 is 1.06 bits per heavy atom. The van der Waals surface area contributed by atoms with Gasteiger partial charge in [-0.05, 0) is 59.8 Å². The Kier molecular flexibility index (Phi) is 6.26. The van der Waals surface area contributed by atoms with Gasteiger partial charge in [-0.15, -0.1) is 0 Å². The summed E-state index contributed by atoms with van der Waals surface area (Å²) in [6, 6.07) is 16.4. The maximum atomic E-state index is 12.8. The number of aliphatic carboxylic acids is 1. The van der Waals surface area contributed by atoms with Crippen molar-refractivity contribution in [3.8, 4) is 11.1 Å². The number of fused-ring (bicyclic) bond motifs is 4. The van der Waals surface area contributed by atoms with Crippen LogP contribution in [0.1, 0.15) is 56.1 Å². The Hall–Kier alpha value is -3.35. The van der Waals surface area contributed by atoms with Crippen LogP contribution in [-0.2, 0) is 14.3 Å². The quantitative estimate of drug-likeness (QED) is 0.500. The Bertz CT molecular complexity index is 1100. The number of carboxylic acid groups (broad SMARTS) is 1. The van der Waals surface area contributed by atoms with Crippen LogP contribution in [0.2, 0.25) is 0 Å². The number of benzene rings is 2. The molecule has 0 spiro atoms. The molecule has 184 valence electrons. The molecule has 4 atom stereocenters. The molecule has 7 nitrogen and oxygen atoms in total. The summed E-state index contributed by atoms with van der Waals surface area (Å²) in [5, 5.41) is 14.8. The van der Waals surface area contributed by atoms with Crippen molar-refractivity contribution in [3.63, 3.8) is 0 Å². The van der Waals surface area contributed by atoms with Crippen LogP contribution < -0.4 is 10.6 Å². The fourth-order valence-electron chi connectivity index (χ4n) is 6.01. The Labute approximate surface area is 205 Å². The highest BCUT2D eigenvalue weighted by molar-refractivity contribution is 5.87. The standard InChI is InChI=1S/C28H32N2O5/c1-17(10-11-25(31)32)15-29-26(33)28-13-18(28)12-19(14-28)30-27(34)35-16-24-22-8-4-2-6-20(22)21-7-3-5-9-23(21)24/h2-9,17-19,24H,10-16H2,1H3,(H,29,33)(H,30,34)(H,31,32). The van der Waals surface area contributed by atoms with Crippen LogP contribution in [0, 0.1) is 17.3 Å². The average molecular weight is 477 g/mol. The third kappa shape index (κ3) is 4.64. The summed E-state index contributed by atoms with van der Waals surface area (Å²) < 4.78 is 5.67. The minimum atomic E-state index is -0.818. The SMILES string of the molecule is CC(CCC(=O)O)CNC(=O)C12CC(NC(=O)OCC3c4ccccc4-c4ccccc43)CC1C2. The molecule has 2 saturated carbocycles. The summed E-state index contributed by atoms with van der Waals surface area (Å²) in [6.07, 6.45) is 2.47. The van der Waals surface area contributed by atoms with Crippen LogP contribution in [0.3, 0.4) is 0 Å². The van der Waals surface area contributed by atoms with Crippen molar-refractivity contribution in [1.82, 2.24) is 10.6 Å². The van der Waals surface area contributed by atoms with Crippen molar-refractivity contribution in [3.05, 3.63) is 59.7 Å². The molecule has 3 aliphatic carbocycles. The molecule has 0 aromatic heterocycles. The lowest BCUT2D eigenvalue weighted by Crippen LogP contribution is -2.39. The van der Waals surface area contributed by atoms with Gasteiger partial charge in [-0.25, -0.2) is 4.79 Å². The fraction of sp³-hybridized carbons (Fsp3) is 0.464. The first-order valence-corrected chi connectivity index (χ1v) is 12.5. The van der Waals surface area contributed by atoms with Gasteiger partial charge < -0.3 is 20.5 Å². The van der Waals surface area contributed by atoms with E-state index in [9.17, 15) is 14.4 Å². The molecule has 3 N–H and O–H groups in total. The number of ether oxygens (including phenoxy) is 1. The highest BCUT2D eigenvalue weighted by Gasteiger charge is 2.65. The fourth-order valence-corrected chi connectivity index (χ4v) is 6.01. The molecular formula is C28H32N2O5. The van der Waals surface area contributed by atoms with Gasteiger partial charge in [0.25, 0.3) is 0 Å². The summed E-state index contributed by atoms with van der Waals surface area (Å²) in [6.45, 7) is 2.70. The highest BCUT2D eigenvalue weighted by atomic mass is 16.5. The number of carbonyl (C=O) groups excluding carboxylic acids is 2. The van der Waals surface area contributed by atoms with Crippen LogP contribution in [0.5, 0.6) is 0 Å². The summed E-state index contributed by atoms with van der Waals surface area (Å²) in [4.78, 5) is 36.2. The van der Waals surface area contributed by atoms with Gasteiger partial charge in [0.05, 0.1) is 5.41 Å². The van der Waals surface area contributed by atoms with Gasteiger partial charge in [-0.3, -0.25) is 9.59 Å². The van der Waals surface area contributed by atoms with E-state index in [2.05, 4.69) is 34.9 Å². The van der Waals surface area contributed by atoms with E-state index in [1.807, 2.05) is 31.2 Å². The number of rotatable bonds is 9. The van der Waals surface area contributed by atoms with Crippen molar-refractivity contribution >= 4 is 18.0 Å². The van der Waals surface area contributed by atoms with Crippen molar-refractivity contribution in [2.24, 2.45) is 17.3 Å². The summed E-state index contributed by atoms with van der Waals surface area (Å²) in [7, 11) is 0. The van der Waals surface area contributed by atoms with E-state index in [-0.39, 0.29) is 42.7 Å². The Morgan fingerprint density at radius 2 is 1.71 bits per heavy atom. The smallest absolute Gasteiger partial charge is 0.407 e. The van der Waals surface area contributed by atoms with E-state index in [1.165, 1.54) is 22.3 Å². The summed E-state index contributed by atoms with van der Waals surface area (Å²) in [5.74, 6) is -0.371. The van der Waals surface area contributed by atoms with E-state index in [4.69, 9.17) is 9.84 Å². The summed E-state index contributed by atoms with van der Waals surface area (Å²) in [5.41, 5.74) is 4.35. The average Bonchev–Trinajstić information content (AvgIpc) is 3.27. The lowest BCUT2D eigenvalue weighted by molar-refractivity contribution is -0.137. The van der Waals surface area contributed by atoms with Crippen LogP contribution >= 0.6 is 0 Å². The van der Waals surface area contributed by atoms with Crippen LogP contribution in [0.15, 0.2) is 48.5 Å². The van der Waals surface area contributed by atoms with E-state index < -0.39 is 17.5 Å². The van der Waals surface area contributed by atoms with Crippen LogP contribution in [0.4, 0.5) is 4.79 Å². The third-order valence-corrected chi connectivity index (χ3v) is 7.99. The third-order valence-electron chi connectivity index (χ3n) is 7.99. The second-order valence-corrected chi connectivity index (χ2v) is 10.4. The molecule has 4 unspecified atom stereocenters. The molecule has 7 heteroatoms. The Morgan fingerprint density at radius 3 is 2.37 bits per heavy atom. The molecule has 2 aromatic carbocycles. The molecule has 2 aromatic rings. The van der Waals surface area contributed by atoms with E-state index in [0.29, 0.717) is 19.4 Å². The molecule has 0 heterocycles. The van der Waals surface area contributed by atoms with E-state index in [0.717, 1.165) is 12.8 Å². The van der Waals surface area contributed by atoms with Crippen LogP contribution in [0.25, 0.3) is 11.1 Å². The molecule has 2 fully saturated rings. The maximum absolute atomic E-state index is 12.8. The topological polar surface area (TPSA) is 105 Å².